The number of nitrogens with zero attached hydrogens (tertiary/aromatic N) is 2. The van der Waals surface area contributed by atoms with Gasteiger partial charge in [0.1, 0.15) is 0 Å². The SMILES string of the molecule is CN(C(=O)CN1CCC(C)(C(=O)O)C1)c1ccccc1. The van der Waals surface area contributed by atoms with Crippen molar-refractivity contribution in [3.63, 3.8) is 0 Å². The summed E-state index contributed by atoms with van der Waals surface area (Å²) in [5.74, 6) is -0.810. The zero-order chi connectivity index (χ0) is 14.8. The number of rotatable bonds is 4. The molecule has 1 amide bonds. The molecule has 1 saturated heterocycles. The van der Waals surface area contributed by atoms with E-state index in [2.05, 4.69) is 0 Å². The number of anilines is 1. The number of carboxylic acid groups (broad SMARTS) is 1. The highest BCUT2D eigenvalue weighted by molar-refractivity contribution is 5.94. The first-order chi connectivity index (χ1) is 9.42. The van der Waals surface area contributed by atoms with Crippen molar-refractivity contribution in [2.75, 3.05) is 31.6 Å². The summed E-state index contributed by atoms with van der Waals surface area (Å²) in [4.78, 5) is 26.9. The van der Waals surface area contributed by atoms with Crippen molar-refractivity contribution >= 4 is 17.6 Å². The van der Waals surface area contributed by atoms with E-state index in [1.54, 1.807) is 18.9 Å². The van der Waals surface area contributed by atoms with Crippen molar-refractivity contribution in [3.05, 3.63) is 30.3 Å². The third-order valence-electron chi connectivity index (χ3n) is 3.95. The molecule has 1 heterocycles. The molecular weight excluding hydrogens is 256 g/mol. The summed E-state index contributed by atoms with van der Waals surface area (Å²) >= 11 is 0. The Morgan fingerprint density at radius 3 is 2.55 bits per heavy atom. The molecule has 0 spiro atoms. The minimum Gasteiger partial charge on any atom is -0.481 e. The fourth-order valence-corrected chi connectivity index (χ4v) is 2.46. The predicted molar refractivity (Wildman–Crippen MR) is 76.7 cm³/mol. The maximum Gasteiger partial charge on any atom is 0.310 e. The van der Waals surface area contributed by atoms with Crippen molar-refractivity contribution in [2.45, 2.75) is 13.3 Å². The minimum atomic E-state index is -0.788. The number of amides is 1. The first-order valence-corrected chi connectivity index (χ1v) is 6.70. The molecule has 1 fully saturated rings. The van der Waals surface area contributed by atoms with Crippen LogP contribution in [0.1, 0.15) is 13.3 Å². The second-order valence-electron chi connectivity index (χ2n) is 5.61. The molecule has 1 N–H and O–H groups in total. The van der Waals surface area contributed by atoms with Gasteiger partial charge >= 0.3 is 5.97 Å². The smallest absolute Gasteiger partial charge is 0.310 e. The summed E-state index contributed by atoms with van der Waals surface area (Å²) in [5, 5.41) is 9.19. The van der Waals surface area contributed by atoms with Gasteiger partial charge in [0.2, 0.25) is 5.91 Å². The third kappa shape index (κ3) is 2.99. The Hall–Kier alpha value is -1.88. The van der Waals surface area contributed by atoms with Crippen LogP contribution in [-0.4, -0.2) is 48.6 Å². The lowest BCUT2D eigenvalue weighted by molar-refractivity contribution is -0.147. The number of carbonyl (C=O) groups is 2. The Balaban J connectivity index is 1.95. The zero-order valence-electron chi connectivity index (χ0n) is 11.9. The summed E-state index contributed by atoms with van der Waals surface area (Å²) in [7, 11) is 1.74. The average Bonchev–Trinajstić information content (AvgIpc) is 2.82. The number of aliphatic carboxylic acids is 1. The number of hydrogen-bond donors (Lipinski definition) is 1. The van der Waals surface area contributed by atoms with Gasteiger partial charge in [0.25, 0.3) is 0 Å². The van der Waals surface area contributed by atoms with Crippen LogP contribution in [-0.2, 0) is 9.59 Å². The molecule has 108 valence electrons. The maximum atomic E-state index is 12.2. The van der Waals surface area contributed by atoms with Gasteiger partial charge in [0.15, 0.2) is 0 Å². The topological polar surface area (TPSA) is 60.9 Å². The standard InChI is InChI=1S/C15H20N2O3/c1-15(14(19)20)8-9-17(11-15)10-13(18)16(2)12-6-4-3-5-7-12/h3-7H,8-11H2,1-2H3,(H,19,20). The molecule has 1 aromatic carbocycles. The van der Waals surface area contributed by atoms with E-state index in [0.717, 1.165) is 5.69 Å². The molecule has 1 aliphatic rings. The molecule has 0 aliphatic carbocycles. The van der Waals surface area contributed by atoms with E-state index in [9.17, 15) is 14.7 Å². The number of carbonyl (C=O) groups excluding carboxylic acids is 1. The molecule has 5 nitrogen and oxygen atoms in total. The number of carboxylic acids is 1. The van der Waals surface area contributed by atoms with Crippen molar-refractivity contribution in [2.24, 2.45) is 5.41 Å². The van der Waals surface area contributed by atoms with Gasteiger partial charge < -0.3 is 10.0 Å². The number of benzene rings is 1. The summed E-state index contributed by atoms with van der Waals surface area (Å²) in [6.07, 6.45) is 0.588. The Morgan fingerprint density at radius 2 is 2.00 bits per heavy atom. The van der Waals surface area contributed by atoms with Gasteiger partial charge in [0, 0.05) is 19.3 Å². The van der Waals surface area contributed by atoms with E-state index in [1.807, 2.05) is 35.2 Å². The first-order valence-electron chi connectivity index (χ1n) is 6.70. The van der Waals surface area contributed by atoms with Gasteiger partial charge in [-0.05, 0) is 32.0 Å². The van der Waals surface area contributed by atoms with E-state index in [0.29, 0.717) is 19.5 Å². The summed E-state index contributed by atoms with van der Waals surface area (Å²) < 4.78 is 0. The van der Waals surface area contributed by atoms with E-state index < -0.39 is 11.4 Å². The highest BCUT2D eigenvalue weighted by Crippen LogP contribution is 2.30. The van der Waals surface area contributed by atoms with Gasteiger partial charge in [-0.3, -0.25) is 14.5 Å². The van der Waals surface area contributed by atoms with E-state index in [4.69, 9.17) is 0 Å². The lowest BCUT2D eigenvalue weighted by Gasteiger charge is -2.23. The molecule has 0 aromatic heterocycles. The van der Waals surface area contributed by atoms with Crippen LogP contribution in [0.3, 0.4) is 0 Å². The van der Waals surface area contributed by atoms with E-state index >= 15 is 0 Å². The minimum absolute atomic E-state index is 0.0224. The van der Waals surface area contributed by atoms with Crippen LogP contribution in [0.15, 0.2) is 30.3 Å². The number of likely N-dealkylation sites (tertiary alicyclic amines) is 1. The molecule has 2 rings (SSSR count). The molecule has 1 aromatic rings. The van der Waals surface area contributed by atoms with Crippen LogP contribution in [0.5, 0.6) is 0 Å². The van der Waals surface area contributed by atoms with Gasteiger partial charge in [-0.2, -0.15) is 0 Å². The third-order valence-corrected chi connectivity index (χ3v) is 3.95. The Morgan fingerprint density at radius 1 is 1.35 bits per heavy atom. The molecule has 1 atom stereocenters. The van der Waals surface area contributed by atoms with Crippen molar-refractivity contribution in [1.82, 2.24) is 4.90 Å². The summed E-state index contributed by atoms with van der Waals surface area (Å²) in [6.45, 7) is 3.07. The molecule has 0 radical (unpaired) electrons. The van der Waals surface area contributed by atoms with Crippen LogP contribution in [0.25, 0.3) is 0 Å². The van der Waals surface area contributed by atoms with E-state index in [1.165, 1.54) is 0 Å². The van der Waals surface area contributed by atoms with Gasteiger partial charge in [-0.15, -0.1) is 0 Å². The monoisotopic (exact) mass is 276 g/mol. The zero-order valence-corrected chi connectivity index (χ0v) is 11.9. The fraction of sp³-hybridized carbons (Fsp3) is 0.467. The quantitative estimate of drug-likeness (QED) is 0.904. The van der Waals surface area contributed by atoms with Crippen LogP contribution in [0.2, 0.25) is 0 Å². The Labute approximate surface area is 118 Å². The summed E-state index contributed by atoms with van der Waals surface area (Å²) in [5.41, 5.74) is 0.115. The number of para-hydroxylation sites is 1. The van der Waals surface area contributed by atoms with Crippen LogP contribution in [0.4, 0.5) is 5.69 Å². The lowest BCUT2D eigenvalue weighted by atomic mass is 9.90. The normalized spacial score (nSPS) is 22.7. The van der Waals surface area contributed by atoms with Crippen molar-refractivity contribution in [1.29, 1.82) is 0 Å². The maximum absolute atomic E-state index is 12.2. The largest absolute Gasteiger partial charge is 0.481 e. The fourth-order valence-electron chi connectivity index (χ4n) is 2.46. The van der Waals surface area contributed by atoms with Crippen LogP contribution in [0, 0.1) is 5.41 Å². The second kappa shape index (κ2) is 5.63. The van der Waals surface area contributed by atoms with Crippen LogP contribution < -0.4 is 4.90 Å². The van der Waals surface area contributed by atoms with Gasteiger partial charge in [0.05, 0.1) is 12.0 Å². The molecule has 20 heavy (non-hydrogen) atoms. The predicted octanol–water partition coefficient (Wildman–Crippen LogP) is 1.45. The molecule has 0 bridgehead atoms. The lowest BCUT2D eigenvalue weighted by Crippen LogP contribution is -2.39. The van der Waals surface area contributed by atoms with Crippen molar-refractivity contribution < 1.29 is 14.7 Å². The molecule has 1 unspecified atom stereocenters. The average molecular weight is 276 g/mol. The molecule has 5 heteroatoms. The first kappa shape index (κ1) is 14.5. The van der Waals surface area contributed by atoms with Crippen LogP contribution >= 0.6 is 0 Å². The molecular formula is C15H20N2O3. The van der Waals surface area contributed by atoms with Gasteiger partial charge in [-0.25, -0.2) is 0 Å². The van der Waals surface area contributed by atoms with E-state index in [-0.39, 0.29) is 12.5 Å². The van der Waals surface area contributed by atoms with Crippen molar-refractivity contribution in [3.8, 4) is 0 Å². The highest BCUT2D eigenvalue weighted by atomic mass is 16.4. The number of likely N-dealkylation sites (N-methyl/N-ethyl adjacent to an activating group) is 1. The highest BCUT2D eigenvalue weighted by Gasteiger charge is 2.40. The summed E-state index contributed by atoms with van der Waals surface area (Å²) in [6, 6.07) is 9.43. The second-order valence-corrected chi connectivity index (χ2v) is 5.61. The van der Waals surface area contributed by atoms with Gasteiger partial charge in [-0.1, -0.05) is 18.2 Å². The Kier molecular flexibility index (Phi) is 4.09. The number of hydrogen-bond acceptors (Lipinski definition) is 3. The Bertz CT molecular complexity index is 503. The molecule has 1 aliphatic heterocycles. The molecule has 0 saturated carbocycles.